The van der Waals surface area contributed by atoms with Gasteiger partial charge in [-0.2, -0.15) is 0 Å². The van der Waals surface area contributed by atoms with E-state index < -0.39 is 0 Å². The van der Waals surface area contributed by atoms with E-state index in [0.717, 1.165) is 102 Å². The fourth-order valence-corrected chi connectivity index (χ4v) is 10.3. The quantitative estimate of drug-likeness (QED) is 0.0626. The minimum absolute atomic E-state index is 0.377. The van der Waals surface area contributed by atoms with Crippen molar-refractivity contribution in [3.8, 4) is 33.8 Å². The van der Waals surface area contributed by atoms with Crippen LogP contribution in [0.4, 0.5) is 68.2 Å². The molecular weight excluding hydrogens is 1020 g/mol. The lowest BCUT2D eigenvalue weighted by molar-refractivity contribution is 0.0764. The summed E-state index contributed by atoms with van der Waals surface area (Å²) in [5, 5.41) is 0. The molecule has 12 aromatic rings. The minimum atomic E-state index is 0.377. The van der Waals surface area contributed by atoms with Crippen LogP contribution in [0.1, 0.15) is 2.74 Å². The number of nitrogens with zero attached hydrogens (tertiary/aromatic N) is 4. The maximum Gasteiger partial charge on any atom is 0.119 e. The molecule has 12 rings (SSSR count). The molecule has 0 radical (unpaired) electrons. The molecular formula is C76H62N4O3. The smallest absolute Gasteiger partial charge is 0.119 e. The second kappa shape index (κ2) is 26.1. The van der Waals surface area contributed by atoms with E-state index in [-0.39, 0.29) is 0 Å². The standard InChI is InChI=1S/C76H62N4O3/c1-7-19-63(20-8-1)77(64-21-9-2-10-22-64)69-39-31-59(32-40-69)61-35-43-71(44-36-61)79(67-27-15-5-16-28-67)73-47-51-75(52-48-73)82-57-55-81-56-58-83-76-53-49-74(50-54-76)80(68-29-17-6-18-30-68)72-45-37-62(38-46-72)60-33-41-70(42-34-60)78(65-23-11-3-12-24-65)66-25-13-4-14-26-66/h1-54H,55-58H2/i15T,17T. The van der Waals surface area contributed by atoms with Crippen LogP contribution in [0.5, 0.6) is 11.5 Å². The summed E-state index contributed by atoms with van der Waals surface area (Å²) >= 11 is 0. The highest BCUT2D eigenvalue weighted by atomic mass is 16.5. The molecule has 7 nitrogen and oxygen atoms in total. The van der Waals surface area contributed by atoms with Gasteiger partial charge in [-0.25, -0.2) is 0 Å². The Bertz CT molecular complexity index is 3690. The van der Waals surface area contributed by atoms with Gasteiger partial charge in [0.1, 0.15) is 24.7 Å². The molecule has 0 saturated heterocycles. The summed E-state index contributed by atoms with van der Waals surface area (Å²) in [4.78, 5) is 8.84. The summed E-state index contributed by atoms with van der Waals surface area (Å²) in [6.45, 7) is 1.55. The molecule has 83 heavy (non-hydrogen) atoms. The average Bonchev–Trinajstić information content (AvgIpc) is 3.70. The predicted molar refractivity (Wildman–Crippen MR) is 344 cm³/mol. The molecule has 0 spiro atoms. The van der Waals surface area contributed by atoms with Crippen molar-refractivity contribution in [1.29, 1.82) is 0 Å². The lowest BCUT2D eigenvalue weighted by Crippen LogP contribution is -2.12. The Morgan fingerprint density at radius 1 is 0.205 bits per heavy atom. The van der Waals surface area contributed by atoms with Crippen molar-refractivity contribution in [2.75, 3.05) is 46.0 Å². The number of hydrogen-bond donors (Lipinski definition) is 0. The second-order valence-corrected chi connectivity index (χ2v) is 19.7. The lowest BCUT2D eigenvalue weighted by Gasteiger charge is -2.26. The molecule has 0 N–H and O–H groups in total. The van der Waals surface area contributed by atoms with Crippen molar-refractivity contribution in [3.05, 3.63) is 328 Å². The molecule has 7 heteroatoms. The molecule has 0 fully saturated rings. The highest BCUT2D eigenvalue weighted by Gasteiger charge is 2.17. The Balaban J connectivity index is 0.642. The predicted octanol–water partition coefficient (Wildman–Crippen LogP) is 20.4. The molecule has 0 amide bonds. The number of anilines is 12. The van der Waals surface area contributed by atoms with Crippen LogP contribution in [-0.2, 0) is 4.74 Å². The van der Waals surface area contributed by atoms with Crippen LogP contribution < -0.4 is 29.1 Å². The highest BCUT2D eigenvalue weighted by molar-refractivity contribution is 5.83. The molecule has 0 aliphatic rings. The molecule has 0 aliphatic carbocycles. The van der Waals surface area contributed by atoms with Crippen molar-refractivity contribution >= 4 is 68.2 Å². The van der Waals surface area contributed by atoms with Crippen molar-refractivity contribution in [3.63, 3.8) is 0 Å². The number of para-hydroxylation sites is 6. The fourth-order valence-electron chi connectivity index (χ4n) is 10.3. The maximum absolute atomic E-state index is 8.44. The number of ether oxygens (including phenoxy) is 3. The van der Waals surface area contributed by atoms with Gasteiger partial charge in [0.05, 0.1) is 16.0 Å². The average molecular weight is 1080 g/mol. The van der Waals surface area contributed by atoms with E-state index in [0.29, 0.717) is 38.5 Å². The van der Waals surface area contributed by atoms with Gasteiger partial charge in [-0.05, 0) is 192 Å². The zero-order chi connectivity index (χ0) is 57.6. The highest BCUT2D eigenvalue weighted by Crippen LogP contribution is 2.41. The van der Waals surface area contributed by atoms with E-state index in [9.17, 15) is 0 Å². The fraction of sp³-hybridized carbons (Fsp3) is 0.0526. The van der Waals surface area contributed by atoms with Gasteiger partial charge in [0.2, 0.25) is 0 Å². The molecule has 12 aromatic carbocycles. The van der Waals surface area contributed by atoms with Crippen LogP contribution >= 0.6 is 0 Å². The summed E-state index contributed by atoms with van der Waals surface area (Å²) in [6, 6.07) is 108. The summed E-state index contributed by atoms with van der Waals surface area (Å²) in [5.41, 5.74) is 16.6. The maximum atomic E-state index is 8.44. The normalized spacial score (nSPS) is 11.2. The first-order chi connectivity index (χ1) is 42.0. The van der Waals surface area contributed by atoms with Crippen LogP contribution in [0, 0.1) is 0 Å². The monoisotopic (exact) mass is 1080 g/mol. The van der Waals surface area contributed by atoms with Gasteiger partial charge >= 0.3 is 0 Å². The van der Waals surface area contributed by atoms with Crippen LogP contribution in [0.15, 0.2) is 328 Å². The van der Waals surface area contributed by atoms with E-state index >= 15 is 0 Å². The van der Waals surface area contributed by atoms with E-state index in [1.807, 2.05) is 109 Å². The molecule has 0 heterocycles. The molecule has 404 valence electrons. The van der Waals surface area contributed by atoms with E-state index in [1.165, 1.54) is 0 Å². The van der Waals surface area contributed by atoms with E-state index in [4.69, 9.17) is 17.0 Å². The zero-order valence-electron chi connectivity index (χ0n) is 47.9. The Labute approximate surface area is 490 Å². The van der Waals surface area contributed by atoms with Crippen molar-refractivity contribution in [1.82, 2.24) is 0 Å². The third kappa shape index (κ3) is 12.9. The van der Waals surface area contributed by atoms with Gasteiger partial charge in [-0.1, -0.05) is 158 Å². The molecule has 0 unspecified atom stereocenters. The van der Waals surface area contributed by atoms with Crippen LogP contribution in [0.25, 0.3) is 22.3 Å². The Hall–Kier alpha value is -10.6. The number of hydrogen-bond acceptors (Lipinski definition) is 7. The van der Waals surface area contributed by atoms with E-state index in [2.05, 4.69) is 214 Å². The summed E-state index contributed by atoms with van der Waals surface area (Å²) in [5.74, 6) is 1.46. The van der Waals surface area contributed by atoms with Gasteiger partial charge in [0.15, 0.2) is 0 Å². The summed E-state index contributed by atoms with van der Waals surface area (Å²) < 4.78 is 35.1. The molecule has 0 saturated carbocycles. The molecule has 0 aromatic heterocycles. The van der Waals surface area contributed by atoms with Gasteiger partial charge in [-0.15, -0.1) is 0 Å². The Morgan fingerprint density at radius 2 is 0.410 bits per heavy atom. The Morgan fingerprint density at radius 3 is 0.651 bits per heavy atom. The minimum Gasteiger partial charge on any atom is -0.491 e. The topological polar surface area (TPSA) is 40.7 Å². The third-order valence-electron chi connectivity index (χ3n) is 14.3. The largest absolute Gasteiger partial charge is 0.491 e. The van der Waals surface area contributed by atoms with Gasteiger partial charge in [0.25, 0.3) is 0 Å². The molecule has 0 aliphatic heterocycles. The second-order valence-electron chi connectivity index (χ2n) is 19.7. The first kappa shape index (κ1) is 50.6. The number of benzene rings is 12. The summed E-state index contributed by atoms with van der Waals surface area (Å²) in [6.07, 6.45) is 0. The van der Waals surface area contributed by atoms with Crippen LogP contribution in [0.2, 0.25) is 0 Å². The first-order valence-electron chi connectivity index (χ1n) is 29.0. The number of rotatable bonds is 22. The zero-order valence-corrected chi connectivity index (χ0v) is 45.9. The van der Waals surface area contributed by atoms with Gasteiger partial charge < -0.3 is 33.8 Å². The van der Waals surface area contributed by atoms with Crippen LogP contribution in [-0.4, -0.2) is 26.4 Å². The Kier molecular flexibility index (Phi) is 15.9. The summed E-state index contributed by atoms with van der Waals surface area (Å²) in [7, 11) is 0. The third-order valence-corrected chi connectivity index (χ3v) is 14.3. The van der Waals surface area contributed by atoms with Gasteiger partial charge in [-0.3, -0.25) is 0 Å². The lowest BCUT2D eigenvalue weighted by atomic mass is 10.0. The SMILES string of the molecule is [3H]c1cccc(N(c2ccc(OCCOCCOc3ccc(N(c4ccc(-c5ccc(N(c6ccccc6)c6ccccc6)cc5)cc4)c4cccc([3H])c4)cc3)cc2)c2ccc(-c3ccc(N(c4ccccc4)c4ccccc4)cc3)cc2)c1. The van der Waals surface area contributed by atoms with Crippen molar-refractivity contribution in [2.24, 2.45) is 0 Å². The molecule has 0 atom stereocenters. The van der Waals surface area contributed by atoms with Crippen LogP contribution in [0.3, 0.4) is 0 Å². The molecule has 0 bridgehead atoms. The van der Waals surface area contributed by atoms with Crippen molar-refractivity contribution in [2.45, 2.75) is 0 Å². The van der Waals surface area contributed by atoms with E-state index in [1.54, 1.807) is 12.1 Å². The van der Waals surface area contributed by atoms with Gasteiger partial charge in [0, 0.05) is 68.2 Å². The first-order valence-corrected chi connectivity index (χ1v) is 28.0. The van der Waals surface area contributed by atoms with Crippen molar-refractivity contribution < 1.29 is 17.0 Å².